The zero-order valence-electron chi connectivity index (χ0n) is 11.2. The molecule has 6 heteroatoms. The first-order valence-electron chi connectivity index (χ1n) is 6.28. The Hall–Kier alpha value is -0.790. The highest BCUT2D eigenvalue weighted by molar-refractivity contribution is 14.0. The van der Waals surface area contributed by atoms with Crippen LogP contribution >= 0.6 is 24.0 Å². The lowest BCUT2D eigenvalue weighted by Gasteiger charge is -2.11. The molecule has 0 saturated heterocycles. The van der Waals surface area contributed by atoms with Crippen molar-refractivity contribution in [3.8, 4) is 0 Å². The highest BCUT2D eigenvalue weighted by Crippen LogP contribution is 1.90. The Labute approximate surface area is 126 Å². The van der Waals surface area contributed by atoms with Gasteiger partial charge in [-0.3, -0.25) is 9.67 Å². The zero-order valence-corrected chi connectivity index (χ0v) is 13.6. The molecule has 1 heterocycles. The molecular weight excluding hydrogens is 341 g/mol. The van der Waals surface area contributed by atoms with Crippen LogP contribution in [0.4, 0.5) is 0 Å². The molecule has 0 unspecified atom stereocenters. The van der Waals surface area contributed by atoms with Crippen LogP contribution in [0.1, 0.15) is 26.2 Å². The molecule has 0 amide bonds. The first kappa shape index (κ1) is 17.2. The van der Waals surface area contributed by atoms with E-state index >= 15 is 0 Å². The first-order chi connectivity index (χ1) is 8.36. The second kappa shape index (κ2) is 11.3. The summed E-state index contributed by atoms with van der Waals surface area (Å²) in [5.74, 6) is 0.869. The third-order valence-corrected chi connectivity index (χ3v) is 2.49. The number of hydrogen-bond donors (Lipinski definition) is 2. The third-order valence-electron chi connectivity index (χ3n) is 2.49. The van der Waals surface area contributed by atoms with Crippen molar-refractivity contribution in [2.45, 2.75) is 32.7 Å². The zero-order chi connectivity index (χ0) is 12.3. The molecule has 18 heavy (non-hydrogen) atoms. The van der Waals surface area contributed by atoms with Crippen molar-refractivity contribution in [1.82, 2.24) is 20.4 Å². The summed E-state index contributed by atoms with van der Waals surface area (Å²) in [7, 11) is 1.79. The van der Waals surface area contributed by atoms with E-state index in [1.54, 1.807) is 13.2 Å². The number of guanidine groups is 1. The Morgan fingerprint density at radius 3 is 2.67 bits per heavy atom. The average Bonchev–Trinajstić information content (AvgIpc) is 2.85. The fourth-order valence-electron chi connectivity index (χ4n) is 1.52. The predicted octanol–water partition coefficient (Wildman–Crippen LogP) is 1.86. The minimum absolute atomic E-state index is 0. The molecule has 2 N–H and O–H groups in total. The molecule has 104 valence electrons. The summed E-state index contributed by atoms with van der Waals surface area (Å²) in [6, 6.07) is 1.93. The highest BCUT2D eigenvalue weighted by Gasteiger charge is 1.96. The van der Waals surface area contributed by atoms with Gasteiger partial charge < -0.3 is 10.6 Å². The number of rotatable bonds is 7. The molecule has 0 aliphatic heterocycles. The minimum atomic E-state index is 0. The monoisotopic (exact) mass is 365 g/mol. The summed E-state index contributed by atoms with van der Waals surface area (Å²) in [5, 5.41) is 10.7. The van der Waals surface area contributed by atoms with Gasteiger partial charge in [0.1, 0.15) is 0 Å². The van der Waals surface area contributed by atoms with Crippen LogP contribution in [0.15, 0.2) is 23.5 Å². The van der Waals surface area contributed by atoms with Gasteiger partial charge in [-0.05, 0) is 12.5 Å². The van der Waals surface area contributed by atoms with Crippen LogP contribution in [0.5, 0.6) is 0 Å². The maximum Gasteiger partial charge on any atom is 0.191 e. The lowest BCUT2D eigenvalue weighted by Crippen LogP contribution is -2.39. The SMILES string of the molecule is CCCCCNC(=NC)NCCn1cccn1.I. The van der Waals surface area contributed by atoms with Gasteiger partial charge in [-0.2, -0.15) is 5.10 Å². The maximum atomic E-state index is 4.17. The topological polar surface area (TPSA) is 54.2 Å². The lowest BCUT2D eigenvalue weighted by atomic mass is 10.2. The van der Waals surface area contributed by atoms with Crippen molar-refractivity contribution >= 4 is 29.9 Å². The Morgan fingerprint density at radius 1 is 1.28 bits per heavy atom. The molecule has 5 nitrogen and oxygen atoms in total. The van der Waals surface area contributed by atoms with E-state index < -0.39 is 0 Å². The van der Waals surface area contributed by atoms with Gasteiger partial charge in [0.2, 0.25) is 0 Å². The summed E-state index contributed by atoms with van der Waals surface area (Å²) in [6.45, 7) is 4.87. The van der Waals surface area contributed by atoms with E-state index in [2.05, 4.69) is 27.6 Å². The summed E-state index contributed by atoms with van der Waals surface area (Å²) < 4.78 is 1.90. The molecule has 0 aliphatic carbocycles. The van der Waals surface area contributed by atoms with E-state index in [0.717, 1.165) is 25.6 Å². The molecule has 1 rings (SSSR count). The summed E-state index contributed by atoms with van der Waals surface area (Å²) in [5.41, 5.74) is 0. The van der Waals surface area contributed by atoms with Crippen LogP contribution in [0, 0.1) is 0 Å². The molecule has 0 atom stereocenters. The largest absolute Gasteiger partial charge is 0.356 e. The van der Waals surface area contributed by atoms with E-state index in [1.807, 2.05) is 16.9 Å². The normalized spacial score (nSPS) is 10.9. The van der Waals surface area contributed by atoms with Crippen LogP contribution in [-0.4, -0.2) is 35.9 Å². The van der Waals surface area contributed by atoms with E-state index in [9.17, 15) is 0 Å². The summed E-state index contributed by atoms with van der Waals surface area (Å²) in [6.07, 6.45) is 7.44. The van der Waals surface area contributed by atoms with Gasteiger partial charge in [0.25, 0.3) is 0 Å². The van der Waals surface area contributed by atoms with Crippen molar-refractivity contribution < 1.29 is 0 Å². The van der Waals surface area contributed by atoms with Crippen LogP contribution in [0.3, 0.4) is 0 Å². The molecule has 0 saturated carbocycles. The summed E-state index contributed by atoms with van der Waals surface area (Å²) in [4.78, 5) is 4.17. The third kappa shape index (κ3) is 7.52. The molecule has 0 aromatic carbocycles. The highest BCUT2D eigenvalue weighted by atomic mass is 127. The fourth-order valence-corrected chi connectivity index (χ4v) is 1.52. The number of nitrogens with zero attached hydrogens (tertiary/aromatic N) is 3. The molecule has 0 bridgehead atoms. The lowest BCUT2D eigenvalue weighted by molar-refractivity contribution is 0.595. The van der Waals surface area contributed by atoms with Crippen LogP contribution in [0.2, 0.25) is 0 Å². The number of unbranched alkanes of at least 4 members (excludes halogenated alkanes) is 2. The van der Waals surface area contributed by atoms with E-state index in [4.69, 9.17) is 0 Å². The van der Waals surface area contributed by atoms with Gasteiger partial charge in [0.05, 0.1) is 6.54 Å². The molecule has 0 aliphatic rings. The van der Waals surface area contributed by atoms with Gasteiger partial charge in [-0.25, -0.2) is 0 Å². The fraction of sp³-hybridized carbons (Fsp3) is 0.667. The van der Waals surface area contributed by atoms with Crippen molar-refractivity contribution in [2.24, 2.45) is 4.99 Å². The Balaban J connectivity index is 0.00000289. The number of hydrogen-bond acceptors (Lipinski definition) is 2. The van der Waals surface area contributed by atoms with Crippen LogP contribution < -0.4 is 10.6 Å². The standard InChI is InChI=1S/C12H23N5.HI/c1-3-4-5-7-14-12(13-2)15-9-11-17-10-6-8-16-17;/h6,8,10H,3-5,7,9,11H2,1-2H3,(H2,13,14,15);1H. The second-order valence-electron chi connectivity index (χ2n) is 3.90. The average molecular weight is 365 g/mol. The van der Waals surface area contributed by atoms with Gasteiger partial charge >= 0.3 is 0 Å². The molecule has 0 fully saturated rings. The van der Waals surface area contributed by atoms with Crippen molar-refractivity contribution in [3.63, 3.8) is 0 Å². The van der Waals surface area contributed by atoms with Crippen molar-refractivity contribution in [1.29, 1.82) is 0 Å². The minimum Gasteiger partial charge on any atom is -0.356 e. The molecule has 0 radical (unpaired) electrons. The van der Waals surface area contributed by atoms with Crippen molar-refractivity contribution in [3.05, 3.63) is 18.5 Å². The van der Waals surface area contributed by atoms with Gasteiger partial charge in [-0.15, -0.1) is 24.0 Å². The predicted molar refractivity (Wildman–Crippen MR) is 86.5 cm³/mol. The van der Waals surface area contributed by atoms with Gasteiger partial charge in [0, 0.05) is 32.5 Å². The van der Waals surface area contributed by atoms with E-state index in [-0.39, 0.29) is 24.0 Å². The van der Waals surface area contributed by atoms with E-state index in [1.165, 1.54) is 19.3 Å². The quantitative estimate of drug-likeness (QED) is 0.336. The molecular formula is C12H24IN5. The summed E-state index contributed by atoms with van der Waals surface area (Å²) >= 11 is 0. The number of nitrogens with one attached hydrogen (secondary N) is 2. The Morgan fingerprint density at radius 2 is 2.06 bits per heavy atom. The van der Waals surface area contributed by atoms with Crippen LogP contribution in [-0.2, 0) is 6.54 Å². The second-order valence-corrected chi connectivity index (χ2v) is 3.90. The Kier molecular flexibility index (Phi) is 10.8. The van der Waals surface area contributed by atoms with Crippen LogP contribution in [0.25, 0.3) is 0 Å². The van der Waals surface area contributed by atoms with Crippen molar-refractivity contribution in [2.75, 3.05) is 20.1 Å². The van der Waals surface area contributed by atoms with Gasteiger partial charge in [0.15, 0.2) is 5.96 Å². The Bertz CT molecular complexity index is 310. The van der Waals surface area contributed by atoms with Gasteiger partial charge in [-0.1, -0.05) is 19.8 Å². The molecule has 0 spiro atoms. The van der Waals surface area contributed by atoms with E-state index in [0.29, 0.717) is 0 Å². The number of halogens is 1. The number of aromatic nitrogens is 2. The number of aliphatic imine (C=N–C) groups is 1. The first-order valence-corrected chi connectivity index (χ1v) is 6.28. The molecule has 1 aromatic heterocycles. The smallest absolute Gasteiger partial charge is 0.191 e. The maximum absolute atomic E-state index is 4.17. The molecule has 1 aromatic rings.